The number of aryl methyl sites for hydroxylation is 2. The lowest BCUT2D eigenvalue weighted by Gasteiger charge is -2.10. The second-order valence-corrected chi connectivity index (χ2v) is 6.63. The van der Waals surface area contributed by atoms with Crippen LogP contribution in [0.2, 0.25) is 0 Å². The highest BCUT2D eigenvalue weighted by atomic mass is 16.5. The fourth-order valence-electron chi connectivity index (χ4n) is 2.69. The van der Waals surface area contributed by atoms with E-state index in [1.54, 1.807) is 0 Å². The summed E-state index contributed by atoms with van der Waals surface area (Å²) in [6.07, 6.45) is 0. The Morgan fingerprint density at radius 1 is 1.00 bits per heavy atom. The van der Waals surface area contributed by atoms with Crippen molar-refractivity contribution in [3.05, 3.63) is 53.6 Å². The van der Waals surface area contributed by atoms with Crippen LogP contribution in [-0.2, 0) is 0 Å². The van der Waals surface area contributed by atoms with Crippen molar-refractivity contribution in [1.29, 1.82) is 0 Å². The largest absolute Gasteiger partial charge is 0.336 e. The Morgan fingerprint density at radius 3 is 2.27 bits per heavy atom. The molecule has 0 radical (unpaired) electrons. The number of anilines is 1. The van der Waals surface area contributed by atoms with Crippen molar-refractivity contribution >= 4 is 11.7 Å². The van der Waals surface area contributed by atoms with Crippen molar-refractivity contribution < 1.29 is 9.32 Å². The molecule has 0 atom stereocenters. The number of nitrogens with zero attached hydrogens (tertiary/aromatic N) is 2. The molecule has 0 aliphatic rings. The van der Waals surface area contributed by atoms with Crippen molar-refractivity contribution in [2.24, 2.45) is 0 Å². The van der Waals surface area contributed by atoms with E-state index in [-0.39, 0.29) is 12.1 Å². The number of nitrogens with one attached hydrogen (secondary N) is 2. The van der Waals surface area contributed by atoms with Crippen molar-refractivity contribution in [2.45, 2.75) is 33.7 Å². The van der Waals surface area contributed by atoms with Gasteiger partial charge in [-0.3, -0.25) is 0 Å². The summed E-state index contributed by atoms with van der Waals surface area (Å²) in [6.45, 7) is 7.89. The Hall–Kier alpha value is -3.15. The quantitative estimate of drug-likeness (QED) is 0.723. The van der Waals surface area contributed by atoms with Gasteiger partial charge in [-0.15, -0.1) is 0 Å². The average Bonchev–Trinajstić information content (AvgIpc) is 3.04. The van der Waals surface area contributed by atoms with Gasteiger partial charge in [-0.25, -0.2) is 4.79 Å². The molecule has 0 aliphatic carbocycles. The minimum atomic E-state index is -0.232. The molecular formula is C20H22N4O2. The molecule has 3 aromatic rings. The van der Waals surface area contributed by atoms with Gasteiger partial charge in [0.15, 0.2) is 0 Å². The first-order chi connectivity index (χ1) is 12.4. The van der Waals surface area contributed by atoms with E-state index in [4.69, 9.17) is 4.52 Å². The molecule has 0 bridgehead atoms. The normalized spacial score (nSPS) is 10.8. The summed E-state index contributed by atoms with van der Waals surface area (Å²) in [5.74, 6) is 1.00. The summed E-state index contributed by atoms with van der Waals surface area (Å²) in [6, 6.07) is 13.3. The summed E-state index contributed by atoms with van der Waals surface area (Å²) in [7, 11) is 0. The fraction of sp³-hybridized carbons (Fsp3) is 0.250. The van der Waals surface area contributed by atoms with Gasteiger partial charge in [0.1, 0.15) is 0 Å². The van der Waals surface area contributed by atoms with Gasteiger partial charge in [-0.05, 0) is 64.1 Å². The molecule has 2 amide bonds. The number of hydrogen-bond donors (Lipinski definition) is 2. The molecular weight excluding hydrogens is 328 g/mol. The Bertz CT molecular complexity index is 894. The van der Waals surface area contributed by atoms with E-state index in [2.05, 4.69) is 26.8 Å². The number of carbonyl (C=O) groups excluding carboxylic acids is 1. The third-order valence-corrected chi connectivity index (χ3v) is 3.72. The average molecular weight is 350 g/mol. The zero-order chi connectivity index (χ0) is 18.7. The van der Waals surface area contributed by atoms with Crippen molar-refractivity contribution in [3.63, 3.8) is 0 Å². The molecule has 0 unspecified atom stereocenters. The number of benzene rings is 2. The molecule has 1 heterocycles. The van der Waals surface area contributed by atoms with Crippen LogP contribution < -0.4 is 10.6 Å². The lowest BCUT2D eigenvalue weighted by molar-refractivity contribution is 0.250. The van der Waals surface area contributed by atoms with Gasteiger partial charge >= 0.3 is 6.03 Å². The molecule has 3 rings (SSSR count). The van der Waals surface area contributed by atoms with E-state index in [1.807, 2.05) is 64.1 Å². The van der Waals surface area contributed by atoms with Crippen molar-refractivity contribution in [2.75, 3.05) is 5.32 Å². The summed E-state index contributed by atoms with van der Waals surface area (Å²) < 4.78 is 5.41. The maximum absolute atomic E-state index is 11.7. The highest BCUT2D eigenvalue weighted by Crippen LogP contribution is 2.24. The lowest BCUT2D eigenvalue weighted by Crippen LogP contribution is -2.34. The highest BCUT2D eigenvalue weighted by molar-refractivity contribution is 5.89. The Morgan fingerprint density at radius 2 is 1.65 bits per heavy atom. The molecule has 2 N–H and O–H groups in total. The van der Waals surface area contributed by atoms with Crippen molar-refractivity contribution in [1.82, 2.24) is 15.5 Å². The zero-order valence-electron chi connectivity index (χ0n) is 15.3. The number of urea groups is 1. The van der Waals surface area contributed by atoms with Gasteiger partial charge in [-0.2, -0.15) is 4.98 Å². The van der Waals surface area contributed by atoms with Crippen LogP contribution in [0.4, 0.5) is 10.5 Å². The number of amides is 2. The molecule has 0 fully saturated rings. The molecule has 26 heavy (non-hydrogen) atoms. The number of rotatable bonds is 4. The maximum atomic E-state index is 11.7. The van der Waals surface area contributed by atoms with Crippen LogP contribution in [0.3, 0.4) is 0 Å². The van der Waals surface area contributed by atoms with Crippen LogP contribution in [0, 0.1) is 13.8 Å². The van der Waals surface area contributed by atoms with Gasteiger partial charge < -0.3 is 15.2 Å². The predicted molar refractivity (Wildman–Crippen MR) is 102 cm³/mol. The minimum Gasteiger partial charge on any atom is -0.336 e. The van der Waals surface area contributed by atoms with Crippen LogP contribution >= 0.6 is 0 Å². The molecule has 6 heteroatoms. The molecule has 2 aromatic carbocycles. The summed E-state index contributed by atoms with van der Waals surface area (Å²) in [4.78, 5) is 16.2. The van der Waals surface area contributed by atoms with Gasteiger partial charge in [0, 0.05) is 22.9 Å². The standard InChI is InChI=1S/C20H22N4O2/c1-12(2)21-20(25)22-17-7-5-15(6-8-17)18-23-19(26-24-18)16-10-13(3)9-14(4)11-16/h5-12H,1-4H3,(H2,21,22,25). The molecule has 6 nitrogen and oxygen atoms in total. The van der Waals surface area contributed by atoms with E-state index >= 15 is 0 Å². The van der Waals surface area contributed by atoms with Crippen LogP contribution in [0.1, 0.15) is 25.0 Å². The van der Waals surface area contributed by atoms with Crippen LogP contribution in [0.15, 0.2) is 47.0 Å². The van der Waals surface area contributed by atoms with E-state index in [9.17, 15) is 4.79 Å². The predicted octanol–water partition coefficient (Wildman–Crippen LogP) is 4.55. The second-order valence-electron chi connectivity index (χ2n) is 6.63. The van der Waals surface area contributed by atoms with Gasteiger partial charge in [0.25, 0.3) is 5.89 Å². The van der Waals surface area contributed by atoms with Crippen LogP contribution in [0.5, 0.6) is 0 Å². The Labute approximate surface area is 152 Å². The molecule has 0 spiro atoms. The first-order valence-corrected chi connectivity index (χ1v) is 8.51. The van der Waals surface area contributed by atoms with Gasteiger partial charge in [-0.1, -0.05) is 22.3 Å². The lowest BCUT2D eigenvalue weighted by atomic mass is 10.1. The molecule has 0 aliphatic heterocycles. The highest BCUT2D eigenvalue weighted by Gasteiger charge is 2.12. The summed E-state index contributed by atoms with van der Waals surface area (Å²) in [5, 5.41) is 9.63. The monoisotopic (exact) mass is 350 g/mol. The minimum absolute atomic E-state index is 0.0808. The van der Waals surface area contributed by atoms with E-state index in [0.717, 1.165) is 22.3 Å². The number of aromatic nitrogens is 2. The van der Waals surface area contributed by atoms with E-state index < -0.39 is 0 Å². The van der Waals surface area contributed by atoms with Crippen molar-refractivity contribution in [3.8, 4) is 22.8 Å². The zero-order valence-corrected chi connectivity index (χ0v) is 15.3. The fourth-order valence-corrected chi connectivity index (χ4v) is 2.69. The topological polar surface area (TPSA) is 80.0 Å². The first kappa shape index (κ1) is 17.7. The summed E-state index contributed by atoms with van der Waals surface area (Å²) >= 11 is 0. The third-order valence-electron chi connectivity index (χ3n) is 3.72. The van der Waals surface area contributed by atoms with Crippen LogP contribution in [-0.4, -0.2) is 22.2 Å². The number of hydrogen-bond acceptors (Lipinski definition) is 4. The second kappa shape index (κ2) is 7.39. The van der Waals surface area contributed by atoms with Gasteiger partial charge in [0.05, 0.1) is 0 Å². The van der Waals surface area contributed by atoms with Gasteiger partial charge in [0.2, 0.25) is 5.82 Å². The van der Waals surface area contributed by atoms with Crippen LogP contribution in [0.25, 0.3) is 22.8 Å². The smallest absolute Gasteiger partial charge is 0.319 e. The molecule has 134 valence electrons. The SMILES string of the molecule is Cc1cc(C)cc(-c2nc(-c3ccc(NC(=O)NC(C)C)cc3)no2)c1. The van der Waals surface area contributed by atoms with E-state index in [0.29, 0.717) is 17.4 Å². The first-order valence-electron chi connectivity index (χ1n) is 8.51. The summed E-state index contributed by atoms with van der Waals surface area (Å²) in [5.41, 5.74) is 4.72. The molecule has 1 aromatic heterocycles. The Balaban J connectivity index is 1.76. The van der Waals surface area contributed by atoms with E-state index in [1.165, 1.54) is 0 Å². The maximum Gasteiger partial charge on any atom is 0.319 e. The number of carbonyl (C=O) groups is 1. The third kappa shape index (κ3) is 4.27. The Kier molecular flexibility index (Phi) is 5.02. The molecule has 0 saturated heterocycles. The molecule has 0 saturated carbocycles.